The van der Waals surface area contributed by atoms with Crippen LogP contribution in [0.1, 0.15) is 12.0 Å². The molecule has 2 rings (SSSR count). The molecule has 0 saturated heterocycles. The van der Waals surface area contributed by atoms with E-state index in [1.54, 1.807) is 12.1 Å². The average molecular weight is 322 g/mol. The molecule has 0 radical (unpaired) electrons. The minimum atomic E-state index is -0.261. The zero-order valence-corrected chi connectivity index (χ0v) is 11.8. The number of hydrogen-bond donors (Lipinski definition) is 1. The van der Waals surface area contributed by atoms with Gasteiger partial charge in [-0.25, -0.2) is 4.39 Å². The molecular weight excluding hydrogens is 309 g/mol. The molecule has 0 aliphatic heterocycles. The van der Waals surface area contributed by atoms with Gasteiger partial charge in [-0.1, -0.05) is 28.1 Å². The van der Waals surface area contributed by atoms with E-state index in [1.165, 1.54) is 12.1 Å². The molecule has 2 aromatic rings. The smallest absolute Gasteiger partial charge is 0.224 e. The second kappa shape index (κ2) is 6.48. The number of benzene rings is 2. The van der Waals surface area contributed by atoms with Gasteiger partial charge in [0.25, 0.3) is 0 Å². The van der Waals surface area contributed by atoms with Crippen LogP contribution in [-0.2, 0) is 11.2 Å². The van der Waals surface area contributed by atoms with Crippen LogP contribution in [0.2, 0.25) is 0 Å². The number of amides is 1. The first-order chi connectivity index (χ1) is 9.13. The first kappa shape index (κ1) is 13.7. The summed E-state index contributed by atoms with van der Waals surface area (Å²) in [6.07, 6.45) is 0.977. The van der Waals surface area contributed by atoms with Crippen LogP contribution in [-0.4, -0.2) is 5.91 Å². The van der Waals surface area contributed by atoms with Crippen molar-refractivity contribution in [3.63, 3.8) is 0 Å². The first-order valence-corrected chi connectivity index (χ1v) is 6.72. The third-order valence-corrected chi connectivity index (χ3v) is 3.21. The van der Waals surface area contributed by atoms with Crippen molar-refractivity contribution in [3.8, 4) is 0 Å². The van der Waals surface area contributed by atoms with Crippen molar-refractivity contribution >= 4 is 27.5 Å². The van der Waals surface area contributed by atoms with E-state index in [1.807, 2.05) is 24.3 Å². The molecule has 2 nitrogen and oxygen atoms in total. The Morgan fingerprint density at radius 3 is 2.32 bits per heavy atom. The molecule has 0 atom stereocenters. The number of rotatable bonds is 4. The van der Waals surface area contributed by atoms with Gasteiger partial charge in [-0.2, -0.15) is 0 Å². The molecular formula is C15H13BrFNO. The molecule has 0 aromatic heterocycles. The Bertz CT molecular complexity index is 551. The van der Waals surface area contributed by atoms with Gasteiger partial charge in [0.15, 0.2) is 0 Å². The van der Waals surface area contributed by atoms with Gasteiger partial charge in [-0.3, -0.25) is 4.79 Å². The number of anilines is 1. The summed E-state index contributed by atoms with van der Waals surface area (Å²) in [5.74, 6) is -0.310. The molecule has 0 fully saturated rings. The number of carbonyl (C=O) groups is 1. The molecule has 0 spiro atoms. The molecule has 19 heavy (non-hydrogen) atoms. The van der Waals surface area contributed by atoms with E-state index < -0.39 is 0 Å². The second-order valence-electron chi connectivity index (χ2n) is 4.18. The molecule has 0 saturated carbocycles. The van der Waals surface area contributed by atoms with E-state index in [0.717, 1.165) is 15.7 Å². The van der Waals surface area contributed by atoms with Gasteiger partial charge in [-0.15, -0.1) is 0 Å². The Morgan fingerprint density at radius 1 is 1.05 bits per heavy atom. The monoisotopic (exact) mass is 321 g/mol. The average Bonchev–Trinajstić information content (AvgIpc) is 2.41. The predicted octanol–water partition coefficient (Wildman–Crippen LogP) is 4.16. The number of aryl methyl sites for hydroxylation is 1. The highest BCUT2D eigenvalue weighted by molar-refractivity contribution is 9.10. The van der Waals surface area contributed by atoms with E-state index in [2.05, 4.69) is 21.2 Å². The van der Waals surface area contributed by atoms with Crippen molar-refractivity contribution < 1.29 is 9.18 Å². The SMILES string of the molecule is O=C(CCc1ccc(F)cc1)Nc1ccc(Br)cc1. The van der Waals surface area contributed by atoms with Crippen LogP contribution < -0.4 is 5.32 Å². The highest BCUT2D eigenvalue weighted by Crippen LogP contribution is 2.14. The molecule has 0 aliphatic carbocycles. The van der Waals surface area contributed by atoms with Crippen LogP contribution in [0.25, 0.3) is 0 Å². The van der Waals surface area contributed by atoms with Gasteiger partial charge < -0.3 is 5.32 Å². The number of nitrogens with one attached hydrogen (secondary N) is 1. The van der Waals surface area contributed by atoms with Gasteiger partial charge >= 0.3 is 0 Å². The van der Waals surface area contributed by atoms with Crippen molar-refractivity contribution in [1.82, 2.24) is 0 Å². The fraction of sp³-hybridized carbons (Fsp3) is 0.133. The summed E-state index contributed by atoms with van der Waals surface area (Å²) >= 11 is 3.34. The third kappa shape index (κ3) is 4.48. The normalized spacial score (nSPS) is 10.2. The Morgan fingerprint density at radius 2 is 1.68 bits per heavy atom. The molecule has 0 unspecified atom stereocenters. The molecule has 0 aliphatic rings. The summed E-state index contributed by atoms with van der Waals surface area (Å²) in [4.78, 5) is 11.7. The Labute approximate surface area is 119 Å². The van der Waals surface area contributed by atoms with Crippen molar-refractivity contribution in [2.75, 3.05) is 5.32 Å². The molecule has 0 heterocycles. The largest absolute Gasteiger partial charge is 0.326 e. The lowest BCUT2D eigenvalue weighted by atomic mass is 10.1. The standard InChI is InChI=1S/C15H13BrFNO/c16-12-4-8-14(9-5-12)18-15(19)10-3-11-1-6-13(17)7-2-11/h1-2,4-9H,3,10H2,(H,18,19). The van der Waals surface area contributed by atoms with Crippen LogP contribution in [0.15, 0.2) is 53.0 Å². The van der Waals surface area contributed by atoms with Gasteiger partial charge in [0.05, 0.1) is 0 Å². The van der Waals surface area contributed by atoms with Gasteiger partial charge in [0.1, 0.15) is 5.82 Å². The molecule has 1 amide bonds. The lowest BCUT2D eigenvalue weighted by Crippen LogP contribution is -2.12. The minimum Gasteiger partial charge on any atom is -0.326 e. The van der Waals surface area contributed by atoms with Gasteiger partial charge in [0, 0.05) is 16.6 Å². The molecule has 4 heteroatoms. The van der Waals surface area contributed by atoms with Crippen molar-refractivity contribution in [2.45, 2.75) is 12.8 Å². The first-order valence-electron chi connectivity index (χ1n) is 5.93. The van der Waals surface area contributed by atoms with Gasteiger partial charge in [0.2, 0.25) is 5.91 Å². The van der Waals surface area contributed by atoms with E-state index >= 15 is 0 Å². The number of carbonyl (C=O) groups excluding carboxylic acids is 1. The maximum Gasteiger partial charge on any atom is 0.224 e. The fourth-order valence-corrected chi connectivity index (χ4v) is 1.93. The van der Waals surface area contributed by atoms with E-state index in [-0.39, 0.29) is 11.7 Å². The maximum atomic E-state index is 12.7. The summed E-state index contributed by atoms with van der Waals surface area (Å²) < 4.78 is 13.7. The lowest BCUT2D eigenvalue weighted by molar-refractivity contribution is -0.116. The molecule has 98 valence electrons. The Balaban J connectivity index is 1.84. The van der Waals surface area contributed by atoms with E-state index in [4.69, 9.17) is 0 Å². The molecule has 1 N–H and O–H groups in total. The zero-order chi connectivity index (χ0) is 13.7. The topological polar surface area (TPSA) is 29.1 Å². The van der Waals surface area contributed by atoms with E-state index in [0.29, 0.717) is 12.8 Å². The maximum absolute atomic E-state index is 12.7. The van der Waals surface area contributed by atoms with E-state index in [9.17, 15) is 9.18 Å². The van der Waals surface area contributed by atoms with Crippen molar-refractivity contribution in [1.29, 1.82) is 0 Å². The highest BCUT2D eigenvalue weighted by Gasteiger charge is 2.03. The summed E-state index contributed by atoms with van der Waals surface area (Å²) in [6.45, 7) is 0. The minimum absolute atomic E-state index is 0.0494. The van der Waals surface area contributed by atoms with Crippen LogP contribution in [0, 0.1) is 5.82 Å². The Hall–Kier alpha value is -1.68. The van der Waals surface area contributed by atoms with Crippen LogP contribution in [0.3, 0.4) is 0 Å². The highest BCUT2D eigenvalue weighted by atomic mass is 79.9. The van der Waals surface area contributed by atoms with Crippen LogP contribution in [0.5, 0.6) is 0 Å². The lowest BCUT2D eigenvalue weighted by Gasteiger charge is -2.05. The predicted molar refractivity (Wildman–Crippen MR) is 77.5 cm³/mol. The van der Waals surface area contributed by atoms with Crippen LogP contribution >= 0.6 is 15.9 Å². The molecule has 0 bridgehead atoms. The summed E-state index contributed by atoms with van der Waals surface area (Å²) in [5.41, 5.74) is 1.72. The zero-order valence-electron chi connectivity index (χ0n) is 10.2. The van der Waals surface area contributed by atoms with Crippen molar-refractivity contribution in [3.05, 3.63) is 64.4 Å². The third-order valence-electron chi connectivity index (χ3n) is 2.68. The van der Waals surface area contributed by atoms with Crippen molar-refractivity contribution in [2.24, 2.45) is 0 Å². The number of halogens is 2. The summed E-state index contributed by atoms with van der Waals surface area (Å²) in [6, 6.07) is 13.6. The molecule has 2 aromatic carbocycles. The summed E-state index contributed by atoms with van der Waals surface area (Å²) in [7, 11) is 0. The number of hydrogen-bond acceptors (Lipinski definition) is 1. The Kier molecular flexibility index (Phi) is 4.68. The van der Waals surface area contributed by atoms with Crippen LogP contribution in [0.4, 0.5) is 10.1 Å². The fourth-order valence-electron chi connectivity index (χ4n) is 1.67. The second-order valence-corrected chi connectivity index (χ2v) is 5.10. The quantitative estimate of drug-likeness (QED) is 0.900. The van der Waals surface area contributed by atoms with Gasteiger partial charge in [-0.05, 0) is 48.4 Å². The summed E-state index contributed by atoms with van der Waals surface area (Å²) in [5, 5.41) is 2.82.